The molecule has 6 aromatic rings. The predicted molar refractivity (Wildman–Crippen MR) is 304 cm³/mol. The Morgan fingerprint density at radius 1 is 0.760 bits per heavy atom. The van der Waals surface area contributed by atoms with E-state index in [1.165, 1.54) is 54.6 Å². The van der Waals surface area contributed by atoms with E-state index in [4.69, 9.17) is 26.5 Å². The lowest BCUT2D eigenvalue weighted by Gasteiger charge is -2.28. The summed E-state index contributed by atoms with van der Waals surface area (Å²) in [7, 11) is 0. The van der Waals surface area contributed by atoms with Crippen LogP contribution in [-0.2, 0) is 32.3 Å². The van der Waals surface area contributed by atoms with Gasteiger partial charge >= 0.3 is 12.1 Å². The van der Waals surface area contributed by atoms with Crippen molar-refractivity contribution in [2.24, 2.45) is 0 Å². The van der Waals surface area contributed by atoms with E-state index >= 15 is 0 Å². The number of nitrogens with zero attached hydrogens (tertiary/aromatic N) is 4. The average molecular weight is 1080 g/mol. The number of ether oxygens (including phenoxy) is 1. The Morgan fingerprint density at radius 3 is 2.20 bits per heavy atom. The SMILES string of the molecule is CCCCCCCCn1c(=O)/c(=c2\s/c(=C\c3ccc4c(c3)C3CCCC3N4c3ccc4c(c3)/C(=C/c3ccc(OCCCCC)cc3)c3ccccc3-4)c(=O)n2CC(=O)O)s/c1=C1/SC(=S)N(CC)C1=O.O=C=O. The first-order valence-corrected chi connectivity index (χ1v) is 28.9. The number of anilines is 2. The van der Waals surface area contributed by atoms with Crippen LogP contribution in [0.25, 0.3) is 33.8 Å². The summed E-state index contributed by atoms with van der Waals surface area (Å²) in [5.41, 5.74) is 10.8. The highest BCUT2D eigenvalue weighted by Crippen LogP contribution is 2.54. The van der Waals surface area contributed by atoms with Gasteiger partial charge in [0.15, 0.2) is 0 Å². The Balaban J connectivity index is 0.00000224. The number of hydrogen-bond donors (Lipinski definition) is 1. The number of amides is 1. The predicted octanol–water partition coefficient (Wildman–Crippen LogP) is 11.0. The van der Waals surface area contributed by atoms with Gasteiger partial charge in [0.1, 0.15) is 35.4 Å². The number of carboxylic acid groups (broad SMARTS) is 1. The minimum absolute atomic E-state index is 0.246. The maximum atomic E-state index is 14.5. The van der Waals surface area contributed by atoms with Gasteiger partial charge in [0, 0.05) is 36.4 Å². The van der Waals surface area contributed by atoms with Gasteiger partial charge in [-0.15, -0.1) is 22.7 Å². The third-order valence-electron chi connectivity index (χ3n) is 14.5. The van der Waals surface area contributed by atoms with Gasteiger partial charge in [-0.05, 0) is 126 Å². The number of rotatable bonds is 18. The average Bonchev–Trinajstić information content (AvgIpc) is 4.27. The molecular weight excluding hydrogens is 1020 g/mol. The van der Waals surface area contributed by atoms with Gasteiger partial charge in [0.2, 0.25) is 0 Å². The van der Waals surface area contributed by atoms with E-state index in [1.807, 2.05) is 19.1 Å². The molecule has 4 aromatic carbocycles. The lowest BCUT2D eigenvalue weighted by Crippen LogP contribution is -2.31. The van der Waals surface area contributed by atoms with Gasteiger partial charge in [-0.1, -0.05) is 138 Å². The second kappa shape index (κ2) is 24.1. The van der Waals surface area contributed by atoms with Gasteiger partial charge in [-0.25, -0.2) is 0 Å². The van der Waals surface area contributed by atoms with Gasteiger partial charge in [-0.3, -0.25) is 33.2 Å². The number of fused-ring (bicyclic) bond motifs is 6. The first kappa shape index (κ1) is 53.4. The molecule has 2 aromatic heterocycles. The van der Waals surface area contributed by atoms with E-state index in [2.05, 4.69) is 104 Å². The number of carbonyl (C=O) groups excluding carboxylic acids is 3. The van der Waals surface area contributed by atoms with Crippen molar-refractivity contribution in [3.8, 4) is 16.9 Å². The second-order valence-corrected chi connectivity index (χ2v) is 22.9. The summed E-state index contributed by atoms with van der Waals surface area (Å²) >= 11 is 9.03. The van der Waals surface area contributed by atoms with Gasteiger partial charge in [-0.2, -0.15) is 9.59 Å². The van der Waals surface area contributed by atoms with Crippen LogP contribution in [0.2, 0.25) is 0 Å². The molecule has 2 atom stereocenters. The molecule has 75 heavy (non-hydrogen) atoms. The van der Waals surface area contributed by atoms with Gasteiger partial charge in [0.25, 0.3) is 17.0 Å². The molecule has 1 saturated carbocycles. The number of unbranched alkanes of at least 4 members (excludes halogenated alkanes) is 7. The standard InChI is InChI=1S/C58H60N4O6S4.CO2/c1-4-7-9-10-11-14-29-60-55(67)51(71-56(60)52-54(66)59(6-3)58(69)72-52)57-61(35-50(63)64)53(65)49(70-57)33-37-23-28-48-46(32-37)43-19-16-20-47(43)62(48)38-24-27-42-40-17-12-13-18-41(40)44(45(42)34-38)31-36-21-25-39(26-22-36)68-30-15-8-5-2;2-1-3/h12-13,17-18,21-28,31-34,43,47H,4-11,14-16,19-20,29-30,35H2,1-3H3,(H,63,64);/b44-31+,49-33-,56-52+,57-51+;. The molecule has 10 rings (SSSR count). The van der Waals surface area contributed by atoms with Crippen LogP contribution in [0.5, 0.6) is 5.75 Å². The summed E-state index contributed by atoms with van der Waals surface area (Å²) in [5.74, 6) is -0.239. The summed E-state index contributed by atoms with van der Waals surface area (Å²) in [4.78, 5) is 75.6. The third kappa shape index (κ3) is 11.0. The van der Waals surface area contributed by atoms with Crippen LogP contribution in [0, 0.1) is 9.20 Å². The number of thioether (sulfide) groups is 1. The van der Waals surface area contributed by atoms with Crippen LogP contribution in [0.15, 0.2) is 94.5 Å². The van der Waals surface area contributed by atoms with Crippen molar-refractivity contribution in [1.29, 1.82) is 0 Å². The zero-order valence-electron chi connectivity index (χ0n) is 42.4. The Bertz CT molecular complexity index is 3590. The highest BCUT2D eigenvalue weighted by molar-refractivity contribution is 8.30. The number of benzene rings is 4. The fraction of sp³-hybridized carbons (Fsp3) is 0.356. The van der Waals surface area contributed by atoms with Crippen molar-refractivity contribution >= 4 is 103 Å². The number of carboxylic acids is 1. The molecule has 0 bridgehead atoms. The van der Waals surface area contributed by atoms with Crippen molar-refractivity contribution in [2.75, 3.05) is 18.1 Å². The number of thiocarbonyl (C=S) groups is 1. The lowest BCUT2D eigenvalue weighted by atomic mass is 9.96. The summed E-state index contributed by atoms with van der Waals surface area (Å²) in [6.45, 7) is 7.17. The first-order valence-electron chi connectivity index (χ1n) is 26.1. The molecule has 12 nitrogen and oxygen atoms in total. The smallest absolute Gasteiger partial charge is 0.373 e. The summed E-state index contributed by atoms with van der Waals surface area (Å²) in [5, 5.41) is 10.1. The third-order valence-corrected chi connectivity index (χ3v) is 18.5. The number of aliphatic carboxylic acids is 1. The number of aromatic nitrogens is 2. The molecule has 2 aliphatic carbocycles. The summed E-state index contributed by atoms with van der Waals surface area (Å²) in [6.07, 6.45) is 17.1. The topological polar surface area (TPSA) is 148 Å². The Hall–Kier alpha value is -6.42. The molecule has 2 fully saturated rings. The Labute approximate surface area is 453 Å². The molecule has 1 saturated heterocycles. The minimum Gasteiger partial charge on any atom is -0.494 e. The molecular formula is C59H60N4O8S4. The molecule has 0 spiro atoms. The minimum atomic E-state index is -1.19. The van der Waals surface area contributed by atoms with E-state index in [-0.39, 0.29) is 32.9 Å². The maximum Gasteiger partial charge on any atom is 0.373 e. The highest BCUT2D eigenvalue weighted by Gasteiger charge is 2.42. The molecule has 4 heterocycles. The van der Waals surface area contributed by atoms with Crippen molar-refractivity contribution in [2.45, 2.75) is 123 Å². The van der Waals surface area contributed by atoms with E-state index in [0.717, 1.165) is 135 Å². The normalized spacial score (nSPS) is 18.2. The fourth-order valence-corrected chi connectivity index (χ4v) is 14.9. The maximum absolute atomic E-state index is 14.5. The van der Waals surface area contributed by atoms with E-state index in [0.29, 0.717) is 37.4 Å². The number of thiazole rings is 2. The molecule has 0 radical (unpaired) electrons. The lowest BCUT2D eigenvalue weighted by molar-refractivity contribution is -0.191. The van der Waals surface area contributed by atoms with Crippen molar-refractivity contribution in [3.63, 3.8) is 0 Å². The van der Waals surface area contributed by atoms with Gasteiger partial charge in [0.05, 0.1) is 11.1 Å². The fourth-order valence-electron chi connectivity index (χ4n) is 10.9. The van der Waals surface area contributed by atoms with Crippen molar-refractivity contribution < 1.29 is 29.0 Å². The molecule has 388 valence electrons. The molecule has 2 unspecified atom stereocenters. The van der Waals surface area contributed by atoms with Crippen LogP contribution in [-0.4, -0.2) is 60.7 Å². The molecule has 4 aliphatic rings. The van der Waals surface area contributed by atoms with Crippen LogP contribution < -0.4 is 30.0 Å². The molecule has 1 amide bonds. The number of carbonyl (C=O) groups is 2. The van der Waals surface area contributed by atoms with Crippen LogP contribution in [0.3, 0.4) is 0 Å². The highest BCUT2D eigenvalue weighted by atomic mass is 32.2. The van der Waals surface area contributed by atoms with Gasteiger partial charge < -0.3 is 14.7 Å². The summed E-state index contributed by atoms with van der Waals surface area (Å²) in [6, 6.07) is 30.6. The molecule has 16 heteroatoms. The quantitative estimate of drug-likeness (QED) is 0.0647. The molecule has 2 aliphatic heterocycles. The second-order valence-electron chi connectivity index (χ2n) is 19.2. The number of hydrogen-bond acceptors (Lipinski definition) is 12. The Kier molecular flexibility index (Phi) is 17.1. The zero-order chi connectivity index (χ0) is 52.8. The largest absolute Gasteiger partial charge is 0.494 e. The molecule has 1 N–H and O–H groups in total. The van der Waals surface area contributed by atoms with Crippen LogP contribution in [0.1, 0.15) is 132 Å². The monoisotopic (exact) mass is 1080 g/mol. The van der Waals surface area contributed by atoms with Crippen molar-refractivity contribution in [3.05, 3.63) is 152 Å². The zero-order valence-corrected chi connectivity index (χ0v) is 45.7. The van der Waals surface area contributed by atoms with E-state index < -0.39 is 18.1 Å². The van der Waals surface area contributed by atoms with Crippen molar-refractivity contribution in [1.82, 2.24) is 14.0 Å². The van der Waals surface area contributed by atoms with Crippen LogP contribution >= 0.6 is 46.7 Å². The Morgan fingerprint density at radius 2 is 1.47 bits per heavy atom. The van der Waals surface area contributed by atoms with E-state index in [1.54, 1.807) is 4.57 Å². The summed E-state index contributed by atoms with van der Waals surface area (Å²) < 4.78 is 10.7. The van der Waals surface area contributed by atoms with E-state index in [9.17, 15) is 24.3 Å². The van der Waals surface area contributed by atoms with Crippen LogP contribution in [0.4, 0.5) is 11.4 Å². The first-order chi connectivity index (χ1) is 36.5.